The summed E-state index contributed by atoms with van der Waals surface area (Å²) >= 11 is 0. The van der Waals surface area contributed by atoms with Gasteiger partial charge in [0.2, 0.25) is 5.91 Å². The summed E-state index contributed by atoms with van der Waals surface area (Å²) in [5.41, 5.74) is 1.05. The lowest BCUT2D eigenvalue weighted by molar-refractivity contribution is -0.134. The number of carbonyl (C=O) groups is 1. The molecule has 0 aliphatic heterocycles. The van der Waals surface area contributed by atoms with E-state index < -0.39 is 28.6 Å². The normalized spacial score (nSPS) is 12.1. The van der Waals surface area contributed by atoms with Crippen molar-refractivity contribution in [1.82, 2.24) is 0 Å². The van der Waals surface area contributed by atoms with Gasteiger partial charge in [0.1, 0.15) is 5.69 Å². The maximum atomic E-state index is 11.7. The first-order chi connectivity index (χ1) is 8.81. The first-order valence-electron chi connectivity index (χ1n) is 5.40. The van der Waals surface area contributed by atoms with Crippen molar-refractivity contribution in [3.05, 3.63) is 23.8 Å². The van der Waals surface area contributed by atoms with Crippen LogP contribution in [0.5, 0.6) is 0 Å². The van der Waals surface area contributed by atoms with E-state index in [1.54, 1.807) is 13.0 Å². The average molecular weight is 286 g/mol. The summed E-state index contributed by atoms with van der Waals surface area (Å²) in [6.07, 6.45) is -1.79. The molecule has 0 aromatic heterocycles. The molecule has 1 aromatic rings. The number of nitrogens with one attached hydrogen (secondary N) is 1. The number of hydrogen-bond acceptors (Lipinski definition) is 6. The molecule has 1 aromatic carbocycles. The molecular formula is C11H14N2O5S. The van der Waals surface area contributed by atoms with E-state index in [0.29, 0.717) is 0 Å². The number of benzene rings is 1. The number of nitrogens with zero attached hydrogens (tertiary/aromatic N) is 1. The fourth-order valence-electron chi connectivity index (χ4n) is 1.29. The van der Waals surface area contributed by atoms with E-state index >= 15 is 0 Å². The minimum absolute atomic E-state index is 0.0845. The van der Waals surface area contributed by atoms with Crippen LogP contribution in [-0.4, -0.2) is 30.8 Å². The van der Waals surface area contributed by atoms with Gasteiger partial charge in [-0.05, 0) is 31.5 Å². The molecule has 8 heteroatoms. The second kappa shape index (κ2) is 6.41. The first-order valence-corrected chi connectivity index (χ1v) is 6.43. The molecule has 0 spiro atoms. The Morgan fingerprint density at radius 2 is 2.00 bits per heavy atom. The van der Waals surface area contributed by atoms with Gasteiger partial charge in [-0.1, -0.05) is 6.07 Å². The molecule has 19 heavy (non-hydrogen) atoms. The Balaban J connectivity index is 3.08. The van der Waals surface area contributed by atoms with Crippen molar-refractivity contribution < 1.29 is 23.4 Å². The van der Waals surface area contributed by atoms with Gasteiger partial charge < -0.3 is 15.5 Å². The zero-order valence-corrected chi connectivity index (χ0v) is 11.2. The van der Waals surface area contributed by atoms with Crippen molar-refractivity contribution in [2.75, 3.05) is 5.32 Å². The van der Waals surface area contributed by atoms with Gasteiger partial charge in [0.15, 0.2) is 6.29 Å². The van der Waals surface area contributed by atoms with Crippen LogP contribution in [0.25, 0.3) is 0 Å². The fraction of sp³-hybridized carbons (Fsp3) is 0.364. The number of amides is 1. The van der Waals surface area contributed by atoms with Gasteiger partial charge >= 0.3 is 10.5 Å². The van der Waals surface area contributed by atoms with Crippen molar-refractivity contribution in [1.29, 1.82) is 0 Å². The maximum Gasteiger partial charge on any atom is 0.316 e. The van der Waals surface area contributed by atoms with Gasteiger partial charge in [-0.2, -0.15) is 8.42 Å². The summed E-state index contributed by atoms with van der Waals surface area (Å²) in [5.74, 6) is -1.70. The third kappa shape index (κ3) is 4.43. The van der Waals surface area contributed by atoms with Crippen LogP contribution in [0.15, 0.2) is 22.6 Å². The summed E-state index contributed by atoms with van der Waals surface area (Å²) < 4.78 is 24.6. The maximum absolute atomic E-state index is 11.7. The largest absolute Gasteiger partial charge is 0.367 e. The second-order valence-corrected chi connectivity index (χ2v) is 4.64. The summed E-state index contributed by atoms with van der Waals surface area (Å²) in [6, 6.07) is 4.66. The fourth-order valence-corrected chi connectivity index (χ4v) is 1.60. The van der Waals surface area contributed by atoms with Crippen molar-refractivity contribution in [3.8, 4) is 0 Å². The number of anilines is 1. The molecule has 0 radical (unpaired) electrons. The minimum Gasteiger partial charge on any atom is -0.367 e. The van der Waals surface area contributed by atoms with E-state index in [-0.39, 0.29) is 11.4 Å². The molecule has 0 aliphatic carbocycles. The first kappa shape index (κ1) is 15.3. The van der Waals surface area contributed by atoms with Crippen LogP contribution in [0.1, 0.15) is 12.5 Å². The van der Waals surface area contributed by atoms with Crippen LogP contribution in [0.4, 0.5) is 11.4 Å². The van der Waals surface area contributed by atoms with E-state index in [9.17, 15) is 13.2 Å². The van der Waals surface area contributed by atoms with Gasteiger partial charge in [-0.3, -0.25) is 4.79 Å². The van der Waals surface area contributed by atoms with Crippen LogP contribution in [-0.2, 0) is 15.3 Å². The Labute approximate surface area is 111 Å². The van der Waals surface area contributed by atoms with E-state index in [0.717, 1.165) is 5.56 Å². The number of hydrogen-bond donors (Lipinski definition) is 3. The highest BCUT2D eigenvalue weighted by Gasteiger charge is 2.20. The zero-order valence-electron chi connectivity index (χ0n) is 10.4. The number of aryl methyl sites for hydroxylation is 1. The lowest BCUT2D eigenvalue weighted by Crippen LogP contribution is -2.30. The summed E-state index contributed by atoms with van der Waals surface area (Å²) in [5, 5.41) is 20.2. The van der Waals surface area contributed by atoms with E-state index in [4.69, 9.17) is 10.2 Å². The van der Waals surface area contributed by atoms with Crippen LogP contribution >= 0.6 is 0 Å². The zero-order chi connectivity index (χ0) is 14.6. The molecule has 0 saturated carbocycles. The molecule has 7 nitrogen and oxygen atoms in total. The number of aliphatic hydroxyl groups is 2. The number of rotatable bonds is 4. The van der Waals surface area contributed by atoms with Crippen LogP contribution < -0.4 is 5.32 Å². The standard InChI is InChI=1S/C11H14N2O5S/c1-6-3-4-8(9(5-6)13-19(17)18)12-10(14)7(2)11(15)16/h3-5,7,11,15-16H,1-2H3,(H,12,14). The molecule has 1 amide bonds. The molecule has 0 saturated heterocycles. The molecule has 0 fully saturated rings. The van der Waals surface area contributed by atoms with Crippen LogP contribution in [0, 0.1) is 12.8 Å². The van der Waals surface area contributed by atoms with E-state index in [1.807, 2.05) is 0 Å². The van der Waals surface area contributed by atoms with Gasteiger partial charge in [-0.15, -0.1) is 4.36 Å². The highest BCUT2D eigenvalue weighted by Crippen LogP contribution is 2.26. The molecule has 1 atom stereocenters. The Morgan fingerprint density at radius 1 is 1.37 bits per heavy atom. The number of carbonyl (C=O) groups excluding carboxylic acids is 1. The molecular weight excluding hydrogens is 272 g/mol. The van der Waals surface area contributed by atoms with Gasteiger partial charge in [0.05, 0.1) is 11.6 Å². The molecule has 104 valence electrons. The van der Waals surface area contributed by atoms with E-state index in [2.05, 4.69) is 9.68 Å². The predicted octanol–water partition coefficient (Wildman–Crippen LogP) is 0.575. The topological polar surface area (TPSA) is 116 Å². The summed E-state index contributed by atoms with van der Waals surface area (Å²) in [4.78, 5) is 11.7. The molecule has 3 N–H and O–H groups in total. The van der Waals surface area contributed by atoms with Gasteiger partial charge in [0.25, 0.3) is 0 Å². The molecule has 0 aliphatic rings. The van der Waals surface area contributed by atoms with Gasteiger partial charge in [-0.25, -0.2) is 0 Å². The summed E-state index contributed by atoms with van der Waals surface area (Å²) in [6.45, 7) is 3.08. The highest BCUT2D eigenvalue weighted by molar-refractivity contribution is 7.61. The van der Waals surface area contributed by atoms with Crippen molar-refractivity contribution in [2.45, 2.75) is 20.1 Å². The monoisotopic (exact) mass is 286 g/mol. The Kier molecular flexibility index (Phi) is 5.16. The minimum atomic E-state index is -2.64. The Hall–Kier alpha value is -1.77. The van der Waals surface area contributed by atoms with Crippen molar-refractivity contribution >= 4 is 27.8 Å². The Morgan fingerprint density at radius 3 is 2.53 bits per heavy atom. The lowest BCUT2D eigenvalue weighted by Gasteiger charge is -2.14. The van der Waals surface area contributed by atoms with Crippen molar-refractivity contribution in [2.24, 2.45) is 10.3 Å². The molecule has 0 heterocycles. The van der Waals surface area contributed by atoms with Gasteiger partial charge in [0, 0.05) is 0 Å². The average Bonchev–Trinajstić information content (AvgIpc) is 2.30. The predicted molar refractivity (Wildman–Crippen MR) is 68.2 cm³/mol. The molecule has 0 bridgehead atoms. The van der Waals surface area contributed by atoms with E-state index in [1.165, 1.54) is 19.1 Å². The quantitative estimate of drug-likeness (QED) is 0.700. The molecule has 1 unspecified atom stereocenters. The van der Waals surface area contributed by atoms with Crippen LogP contribution in [0.2, 0.25) is 0 Å². The summed E-state index contributed by atoms with van der Waals surface area (Å²) in [7, 11) is -2.64. The highest BCUT2D eigenvalue weighted by atomic mass is 32.2. The second-order valence-electron chi connectivity index (χ2n) is 4.02. The number of aliphatic hydroxyl groups excluding tert-OH is 1. The van der Waals surface area contributed by atoms with Crippen LogP contribution in [0.3, 0.4) is 0 Å². The molecule has 1 rings (SSSR count). The smallest absolute Gasteiger partial charge is 0.316 e. The Bertz CT molecular complexity index is 602. The van der Waals surface area contributed by atoms with Crippen molar-refractivity contribution in [3.63, 3.8) is 0 Å². The third-order valence-electron chi connectivity index (χ3n) is 2.44. The SMILES string of the molecule is Cc1ccc(NC(=O)C(C)C(O)O)c(N=S(=O)=O)c1. The lowest BCUT2D eigenvalue weighted by atomic mass is 10.1. The third-order valence-corrected chi connectivity index (χ3v) is 2.79.